The number of nitrogens with one attached hydrogen (secondary N) is 1. The van der Waals surface area contributed by atoms with E-state index in [2.05, 4.69) is 11.4 Å². The topological polar surface area (TPSA) is 67.9 Å². The van der Waals surface area contributed by atoms with Crippen LogP contribution in [0.5, 0.6) is 11.5 Å². The van der Waals surface area contributed by atoms with Gasteiger partial charge in [0.1, 0.15) is 0 Å². The number of nitrogens with zero attached hydrogens (tertiary/aromatic N) is 1. The van der Waals surface area contributed by atoms with Crippen molar-refractivity contribution in [1.82, 2.24) is 0 Å². The van der Waals surface area contributed by atoms with Gasteiger partial charge in [0.05, 0.1) is 0 Å². The molecule has 1 N–H and O–H groups in total. The van der Waals surface area contributed by atoms with Gasteiger partial charge in [-0.25, -0.2) is 0 Å². The summed E-state index contributed by atoms with van der Waals surface area (Å²) < 4.78 is 10.6. The molecule has 0 bridgehead atoms. The van der Waals surface area contributed by atoms with Crippen LogP contribution >= 0.6 is 0 Å². The van der Waals surface area contributed by atoms with Gasteiger partial charge in [-0.15, -0.1) is 0 Å². The third-order valence-corrected chi connectivity index (χ3v) is 5.36. The van der Waals surface area contributed by atoms with E-state index in [0.29, 0.717) is 29.3 Å². The highest BCUT2D eigenvalue weighted by atomic mass is 16.7. The second-order valence-corrected chi connectivity index (χ2v) is 7.35. The molecule has 154 valence electrons. The lowest BCUT2D eigenvalue weighted by Gasteiger charge is -2.17. The van der Waals surface area contributed by atoms with Crippen molar-refractivity contribution in [2.45, 2.75) is 6.42 Å². The number of carbonyl (C=O) groups excluding carboxylic acids is 2. The zero-order valence-corrected chi connectivity index (χ0v) is 16.7. The SMILES string of the molecule is O=C(/C=C/c1ccc2c(c1)OCO2)Nc1ccc(C(=O)N2CCc3ccccc32)cc1. The van der Waals surface area contributed by atoms with Crippen LogP contribution in [0.3, 0.4) is 0 Å². The van der Waals surface area contributed by atoms with Crippen LogP contribution in [0.4, 0.5) is 11.4 Å². The largest absolute Gasteiger partial charge is 0.454 e. The highest BCUT2D eigenvalue weighted by Crippen LogP contribution is 2.33. The molecule has 6 nitrogen and oxygen atoms in total. The quantitative estimate of drug-likeness (QED) is 0.650. The summed E-state index contributed by atoms with van der Waals surface area (Å²) in [5.41, 5.74) is 4.21. The Kier molecular flexibility index (Phi) is 4.88. The standard InChI is InChI=1S/C25H20N2O4/c28-24(12-6-17-5-11-22-23(15-17)31-16-30-22)26-20-9-7-19(8-10-20)25(29)27-14-13-18-3-1-2-4-21(18)27/h1-12,15H,13-14,16H2,(H,26,28)/b12-6+. The van der Waals surface area contributed by atoms with Gasteiger partial charge < -0.3 is 19.7 Å². The summed E-state index contributed by atoms with van der Waals surface area (Å²) in [6, 6.07) is 20.4. The molecule has 2 aliphatic heterocycles. The maximum Gasteiger partial charge on any atom is 0.258 e. The average Bonchev–Trinajstić information content (AvgIpc) is 3.44. The molecule has 0 saturated carbocycles. The minimum atomic E-state index is -0.259. The second-order valence-electron chi connectivity index (χ2n) is 7.35. The Hall–Kier alpha value is -4.06. The maximum atomic E-state index is 12.9. The van der Waals surface area contributed by atoms with Crippen LogP contribution in [0.1, 0.15) is 21.5 Å². The minimum absolute atomic E-state index is 0.0365. The van der Waals surface area contributed by atoms with E-state index in [1.807, 2.05) is 36.4 Å². The Bertz CT molecular complexity index is 1180. The van der Waals surface area contributed by atoms with Crippen molar-refractivity contribution in [2.24, 2.45) is 0 Å². The zero-order chi connectivity index (χ0) is 21.2. The normalized spacial score (nSPS) is 14.0. The molecule has 2 heterocycles. The van der Waals surface area contributed by atoms with Gasteiger partial charge in [-0.05, 0) is 66.1 Å². The predicted octanol–water partition coefficient (Wildman–Crippen LogP) is 4.27. The summed E-state index contributed by atoms with van der Waals surface area (Å²) in [6.45, 7) is 0.896. The molecule has 2 amide bonds. The summed E-state index contributed by atoms with van der Waals surface area (Å²) >= 11 is 0. The molecule has 6 heteroatoms. The number of hydrogen-bond acceptors (Lipinski definition) is 4. The molecule has 0 fully saturated rings. The molecule has 31 heavy (non-hydrogen) atoms. The molecule has 2 aliphatic rings. The molecule has 3 aromatic carbocycles. The van der Waals surface area contributed by atoms with Crippen LogP contribution in [0, 0.1) is 0 Å². The minimum Gasteiger partial charge on any atom is -0.454 e. The predicted molar refractivity (Wildman–Crippen MR) is 118 cm³/mol. The lowest BCUT2D eigenvalue weighted by Crippen LogP contribution is -2.28. The molecule has 0 radical (unpaired) electrons. The molecular formula is C25H20N2O4. The first kappa shape index (κ1) is 18.9. The van der Waals surface area contributed by atoms with E-state index in [-0.39, 0.29) is 18.6 Å². The Morgan fingerprint density at radius 1 is 0.935 bits per heavy atom. The van der Waals surface area contributed by atoms with E-state index in [1.54, 1.807) is 35.2 Å². The molecule has 5 rings (SSSR count). The van der Waals surface area contributed by atoms with E-state index < -0.39 is 0 Å². The first-order chi connectivity index (χ1) is 15.2. The monoisotopic (exact) mass is 412 g/mol. The highest BCUT2D eigenvalue weighted by Gasteiger charge is 2.25. The number of amides is 2. The highest BCUT2D eigenvalue weighted by molar-refractivity contribution is 6.08. The lowest BCUT2D eigenvalue weighted by atomic mass is 10.1. The molecular weight excluding hydrogens is 392 g/mol. The van der Waals surface area contributed by atoms with Crippen molar-refractivity contribution < 1.29 is 19.1 Å². The number of ether oxygens (including phenoxy) is 2. The first-order valence-electron chi connectivity index (χ1n) is 10.1. The van der Waals surface area contributed by atoms with E-state index in [4.69, 9.17) is 9.47 Å². The van der Waals surface area contributed by atoms with Crippen molar-refractivity contribution in [2.75, 3.05) is 23.6 Å². The van der Waals surface area contributed by atoms with E-state index in [9.17, 15) is 9.59 Å². The van der Waals surface area contributed by atoms with E-state index in [0.717, 1.165) is 17.7 Å². The Balaban J connectivity index is 1.22. The molecule has 0 saturated heterocycles. The van der Waals surface area contributed by atoms with Gasteiger partial charge >= 0.3 is 0 Å². The molecule has 0 aliphatic carbocycles. The maximum absolute atomic E-state index is 12.9. The number of para-hydroxylation sites is 1. The van der Waals surface area contributed by atoms with Gasteiger partial charge in [0.25, 0.3) is 5.91 Å². The first-order valence-corrected chi connectivity index (χ1v) is 10.1. The molecule has 0 spiro atoms. The van der Waals surface area contributed by atoms with E-state index >= 15 is 0 Å². The smallest absolute Gasteiger partial charge is 0.258 e. The van der Waals surface area contributed by atoms with Gasteiger partial charge in [-0.1, -0.05) is 24.3 Å². The number of carbonyl (C=O) groups is 2. The summed E-state index contributed by atoms with van der Waals surface area (Å²) in [4.78, 5) is 26.9. The van der Waals surface area contributed by atoms with Crippen molar-refractivity contribution in [3.05, 3.63) is 89.5 Å². The van der Waals surface area contributed by atoms with Gasteiger partial charge in [0.2, 0.25) is 12.7 Å². The Labute approximate surface area is 179 Å². The van der Waals surface area contributed by atoms with Crippen molar-refractivity contribution in [3.8, 4) is 11.5 Å². The van der Waals surface area contributed by atoms with Crippen LogP contribution in [0.25, 0.3) is 6.08 Å². The fraction of sp³-hybridized carbons (Fsp3) is 0.120. The molecule has 0 aromatic heterocycles. The Morgan fingerprint density at radius 3 is 2.61 bits per heavy atom. The summed E-state index contributed by atoms with van der Waals surface area (Å²) in [7, 11) is 0. The molecule has 0 unspecified atom stereocenters. The third-order valence-electron chi connectivity index (χ3n) is 5.36. The fourth-order valence-corrected chi connectivity index (χ4v) is 3.77. The second kappa shape index (κ2) is 7.99. The van der Waals surface area contributed by atoms with Crippen LogP contribution in [-0.2, 0) is 11.2 Å². The molecule has 3 aromatic rings. The van der Waals surface area contributed by atoms with Crippen LogP contribution in [0.15, 0.2) is 72.8 Å². The summed E-state index contributed by atoms with van der Waals surface area (Å²) in [5.74, 6) is 1.08. The number of fused-ring (bicyclic) bond motifs is 2. The number of benzene rings is 3. The van der Waals surface area contributed by atoms with Crippen LogP contribution in [0.2, 0.25) is 0 Å². The average molecular weight is 412 g/mol. The third kappa shape index (κ3) is 3.88. The van der Waals surface area contributed by atoms with Crippen molar-refractivity contribution in [3.63, 3.8) is 0 Å². The number of anilines is 2. The van der Waals surface area contributed by atoms with Crippen LogP contribution in [-0.4, -0.2) is 25.2 Å². The summed E-state index contributed by atoms with van der Waals surface area (Å²) in [5, 5.41) is 2.81. The van der Waals surface area contributed by atoms with Crippen LogP contribution < -0.4 is 19.7 Å². The van der Waals surface area contributed by atoms with Crippen molar-refractivity contribution in [1.29, 1.82) is 0 Å². The number of rotatable bonds is 4. The van der Waals surface area contributed by atoms with Gasteiger partial charge in [0.15, 0.2) is 11.5 Å². The van der Waals surface area contributed by atoms with Gasteiger partial charge in [0, 0.05) is 29.6 Å². The van der Waals surface area contributed by atoms with E-state index in [1.165, 1.54) is 11.6 Å². The zero-order valence-electron chi connectivity index (χ0n) is 16.7. The van der Waals surface area contributed by atoms with Crippen molar-refractivity contribution >= 4 is 29.3 Å². The molecule has 0 atom stereocenters. The summed E-state index contributed by atoms with van der Waals surface area (Å²) in [6.07, 6.45) is 4.03. The van der Waals surface area contributed by atoms with Gasteiger partial charge in [-0.3, -0.25) is 9.59 Å². The fourth-order valence-electron chi connectivity index (χ4n) is 3.77. The Morgan fingerprint density at radius 2 is 1.74 bits per heavy atom. The number of hydrogen-bond donors (Lipinski definition) is 1. The van der Waals surface area contributed by atoms with Gasteiger partial charge in [-0.2, -0.15) is 0 Å². The lowest BCUT2D eigenvalue weighted by molar-refractivity contribution is -0.111.